The number of aliphatic hydroxyl groups excluding tert-OH is 1. The molecule has 0 spiro atoms. The predicted octanol–water partition coefficient (Wildman–Crippen LogP) is 0.509. The van der Waals surface area contributed by atoms with Crippen LogP contribution in [0, 0.1) is 6.92 Å². The number of carbonyl (C=O) groups excluding carboxylic acids is 1. The zero-order chi connectivity index (χ0) is 13.9. The number of hydrogen-bond acceptors (Lipinski definition) is 5. The van der Waals surface area contributed by atoms with E-state index >= 15 is 0 Å². The number of carbonyl (C=O) groups is 1. The predicted molar refractivity (Wildman–Crippen MR) is 62.5 cm³/mol. The van der Waals surface area contributed by atoms with Gasteiger partial charge in [-0.1, -0.05) is 0 Å². The molecule has 0 aliphatic rings. The summed E-state index contributed by atoms with van der Waals surface area (Å²) in [5.74, 6) is -0.335. The zero-order valence-electron chi connectivity index (χ0n) is 9.65. The van der Waals surface area contributed by atoms with Crippen LogP contribution in [-0.2, 0) is 4.57 Å². The molecule has 0 bridgehead atoms. The topological polar surface area (TPSA) is 128 Å². The zero-order valence-corrected chi connectivity index (χ0v) is 10.5. The van der Waals surface area contributed by atoms with Crippen molar-refractivity contribution < 1.29 is 29.4 Å². The van der Waals surface area contributed by atoms with Crippen LogP contribution in [0.25, 0.3) is 0 Å². The van der Waals surface area contributed by atoms with E-state index in [1.165, 1.54) is 13.1 Å². The number of aldehydes is 1. The first-order chi connectivity index (χ1) is 8.26. The molecule has 100 valence electrons. The van der Waals surface area contributed by atoms with Gasteiger partial charge in [0, 0.05) is 11.8 Å². The Morgan fingerprint density at radius 2 is 2.11 bits per heavy atom. The summed E-state index contributed by atoms with van der Waals surface area (Å²) >= 11 is 0. The van der Waals surface area contributed by atoms with Crippen molar-refractivity contribution in [3.05, 3.63) is 23.0 Å². The maximum Gasteiger partial charge on any atom is 0.325 e. The quantitative estimate of drug-likeness (QED) is 0.455. The standard InChI is InChI=1S/C10H14NO6P/c1-6-10(14)8(5-12)7(4-11-6)9(13)2-3-18(15,16)17/h4-5,9,13-14H,2-3H2,1H3,(H2,15,16,17)/t9-/m0/s1. The van der Waals surface area contributed by atoms with Crippen LogP contribution in [-0.4, -0.2) is 37.4 Å². The highest BCUT2D eigenvalue weighted by Crippen LogP contribution is 2.38. The highest BCUT2D eigenvalue weighted by Gasteiger charge is 2.21. The summed E-state index contributed by atoms with van der Waals surface area (Å²) in [7, 11) is -4.22. The highest BCUT2D eigenvalue weighted by molar-refractivity contribution is 7.51. The number of aliphatic hydroxyl groups is 1. The van der Waals surface area contributed by atoms with Crippen LogP contribution in [0.2, 0.25) is 0 Å². The van der Waals surface area contributed by atoms with Gasteiger partial charge < -0.3 is 20.0 Å². The molecule has 1 aromatic rings. The summed E-state index contributed by atoms with van der Waals surface area (Å²) < 4.78 is 10.7. The number of nitrogens with zero attached hydrogens (tertiary/aromatic N) is 1. The number of pyridine rings is 1. The molecular weight excluding hydrogens is 261 g/mol. The molecule has 0 radical (unpaired) electrons. The Morgan fingerprint density at radius 3 is 2.61 bits per heavy atom. The van der Waals surface area contributed by atoms with Gasteiger partial charge in [-0.25, -0.2) is 0 Å². The Kier molecular flexibility index (Phi) is 4.59. The number of rotatable bonds is 5. The number of aromatic hydroxyl groups is 1. The molecule has 0 fully saturated rings. The van der Waals surface area contributed by atoms with E-state index in [1.807, 2.05) is 0 Å². The third kappa shape index (κ3) is 3.61. The summed E-state index contributed by atoms with van der Waals surface area (Å²) in [6.07, 6.45) is -0.420. The van der Waals surface area contributed by atoms with E-state index in [0.29, 0.717) is 6.29 Å². The molecule has 18 heavy (non-hydrogen) atoms. The maximum atomic E-state index is 10.9. The van der Waals surface area contributed by atoms with E-state index in [2.05, 4.69) is 4.98 Å². The van der Waals surface area contributed by atoms with Crippen LogP contribution >= 0.6 is 7.60 Å². The fraction of sp³-hybridized carbons (Fsp3) is 0.400. The van der Waals surface area contributed by atoms with Gasteiger partial charge in [0.25, 0.3) is 0 Å². The molecule has 0 saturated heterocycles. The van der Waals surface area contributed by atoms with Gasteiger partial charge in [-0.05, 0) is 13.3 Å². The monoisotopic (exact) mass is 275 g/mol. The van der Waals surface area contributed by atoms with Crippen LogP contribution in [0.3, 0.4) is 0 Å². The van der Waals surface area contributed by atoms with Gasteiger partial charge in [0.2, 0.25) is 0 Å². The van der Waals surface area contributed by atoms with Crippen molar-refractivity contribution in [1.29, 1.82) is 0 Å². The second-order valence-electron chi connectivity index (χ2n) is 3.87. The Labute approximate surface area is 103 Å². The second-order valence-corrected chi connectivity index (χ2v) is 5.65. The molecule has 7 nitrogen and oxygen atoms in total. The molecular formula is C10H14NO6P. The molecule has 4 N–H and O–H groups in total. The maximum absolute atomic E-state index is 10.9. The normalized spacial score (nSPS) is 13.3. The van der Waals surface area contributed by atoms with Gasteiger partial charge in [0.05, 0.1) is 23.5 Å². The molecule has 0 unspecified atom stereocenters. The smallest absolute Gasteiger partial charge is 0.325 e. The number of aromatic nitrogens is 1. The van der Waals surface area contributed by atoms with E-state index in [9.17, 15) is 19.6 Å². The van der Waals surface area contributed by atoms with Gasteiger partial charge in [-0.15, -0.1) is 0 Å². The van der Waals surface area contributed by atoms with E-state index < -0.39 is 19.9 Å². The van der Waals surface area contributed by atoms with Gasteiger partial charge in [-0.2, -0.15) is 0 Å². The van der Waals surface area contributed by atoms with Crippen molar-refractivity contribution in [1.82, 2.24) is 4.98 Å². The molecule has 0 aliphatic heterocycles. The van der Waals surface area contributed by atoms with Crippen molar-refractivity contribution in [2.24, 2.45) is 0 Å². The van der Waals surface area contributed by atoms with Gasteiger partial charge in [0.1, 0.15) is 5.75 Å². The van der Waals surface area contributed by atoms with Crippen molar-refractivity contribution in [2.45, 2.75) is 19.4 Å². The van der Waals surface area contributed by atoms with E-state index in [4.69, 9.17) is 9.79 Å². The minimum absolute atomic E-state index is 0.0570. The average Bonchev–Trinajstić information content (AvgIpc) is 2.28. The first-order valence-electron chi connectivity index (χ1n) is 5.12. The Hall–Kier alpha value is -1.27. The molecule has 0 amide bonds. The molecule has 0 aliphatic carbocycles. The summed E-state index contributed by atoms with van der Waals surface area (Å²) in [5, 5.41) is 19.4. The van der Waals surface area contributed by atoms with Crippen LogP contribution in [0.15, 0.2) is 6.20 Å². The number of aryl methyl sites for hydroxylation is 1. The molecule has 1 aromatic heterocycles. The molecule has 1 rings (SSSR count). The second kappa shape index (κ2) is 5.58. The lowest BCUT2D eigenvalue weighted by Gasteiger charge is -2.14. The molecule has 1 atom stereocenters. The number of hydrogen-bond donors (Lipinski definition) is 4. The van der Waals surface area contributed by atoms with Crippen LogP contribution in [0.1, 0.15) is 34.1 Å². The van der Waals surface area contributed by atoms with Crippen molar-refractivity contribution in [3.8, 4) is 5.75 Å². The van der Waals surface area contributed by atoms with Gasteiger partial charge in [-0.3, -0.25) is 14.3 Å². The fourth-order valence-electron chi connectivity index (χ4n) is 1.46. The lowest BCUT2D eigenvalue weighted by molar-refractivity contribution is 0.111. The van der Waals surface area contributed by atoms with Gasteiger partial charge >= 0.3 is 7.60 Å². The van der Waals surface area contributed by atoms with E-state index in [-0.39, 0.29) is 29.0 Å². The summed E-state index contributed by atoms with van der Waals surface area (Å²) in [5.41, 5.74) is 0.185. The Morgan fingerprint density at radius 1 is 1.50 bits per heavy atom. The van der Waals surface area contributed by atoms with Crippen LogP contribution in [0.4, 0.5) is 0 Å². The first-order valence-corrected chi connectivity index (χ1v) is 6.92. The lowest BCUT2D eigenvalue weighted by Crippen LogP contribution is -2.06. The third-order valence-corrected chi connectivity index (χ3v) is 3.32. The molecule has 0 saturated carbocycles. The van der Waals surface area contributed by atoms with Gasteiger partial charge in [0.15, 0.2) is 6.29 Å². The fourth-order valence-corrected chi connectivity index (χ4v) is 2.04. The Bertz CT molecular complexity index is 497. The van der Waals surface area contributed by atoms with E-state index in [1.54, 1.807) is 0 Å². The Balaban J connectivity index is 2.99. The highest BCUT2D eigenvalue weighted by atomic mass is 31.2. The first kappa shape index (κ1) is 14.8. The van der Waals surface area contributed by atoms with Crippen molar-refractivity contribution in [3.63, 3.8) is 0 Å². The van der Waals surface area contributed by atoms with Crippen LogP contribution < -0.4 is 0 Å². The SMILES string of the molecule is Cc1ncc([C@@H](O)CCP(=O)(O)O)c(C=O)c1O. The molecule has 8 heteroatoms. The third-order valence-electron chi connectivity index (χ3n) is 2.48. The molecule has 0 aromatic carbocycles. The minimum atomic E-state index is -4.22. The van der Waals surface area contributed by atoms with Crippen molar-refractivity contribution >= 4 is 13.9 Å². The largest absolute Gasteiger partial charge is 0.505 e. The van der Waals surface area contributed by atoms with Crippen molar-refractivity contribution in [2.75, 3.05) is 6.16 Å². The molecule has 1 heterocycles. The average molecular weight is 275 g/mol. The summed E-state index contributed by atoms with van der Waals surface area (Å²) in [6, 6.07) is 0. The lowest BCUT2D eigenvalue weighted by atomic mass is 10.0. The minimum Gasteiger partial charge on any atom is -0.505 e. The van der Waals surface area contributed by atoms with E-state index in [0.717, 1.165) is 0 Å². The summed E-state index contributed by atoms with van der Waals surface area (Å²) in [6.45, 7) is 1.49. The summed E-state index contributed by atoms with van der Waals surface area (Å²) in [4.78, 5) is 32.1. The van der Waals surface area contributed by atoms with Crippen LogP contribution in [0.5, 0.6) is 5.75 Å².